The van der Waals surface area contributed by atoms with Crippen molar-refractivity contribution in [1.29, 1.82) is 0 Å². The average molecular weight is 381 g/mol. The van der Waals surface area contributed by atoms with Gasteiger partial charge < -0.3 is 0 Å². The second-order valence-corrected chi connectivity index (χ2v) is 7.88. The molecule has 1 aromatic carbocycles. The zero-order valence-corrected chi connectivity index (χ0v) is 14.3. The molecule has 124 valence electrons. The van der Waals surface area contributed by atoms with E-state index >= 15 is 0 Å². The smallest absolute Gasteiger partial charge is 0.241 e. The monoisotopic (exact) mass is 380 g/mol. The predicted octanol–water partition coefficient (Wildman–Crippen LogP) is 3.03. The van der Waals surface area contributed by atoms with Gasteiger partial charge >= 0.3 is 0 Å². The molecule has 1 unspecified atom stereocenters. The van der Waals surface area contributed by atoms with Gasteiger partial charge in [0.25, 0.3) is 0 Å². The molecule has 0 amide bonds. The van der Waals surface area contributed by atoms with Crippen LogP contribution >= 0.6 is 23.4 Å². The van der Waals surface area contributed by atoms with Gasteiger partial charge in [0.1, 0.15) is 0 Å². The van der Waals surface area contributed by atoms with E-state index in [2.05, 4.69) is 19.7 Å². The van der Waals surface area contributed by atoms with E-state index in [1.165, 1.54) is 12.1 Å². The van der Waals surface area contributed by atoms with Gasteiger partial charge in [-0.15, -0.1) is 0 Å². The minimum Gasteiger partial charge on any atom is -0.251 e. The van der Waals surface area contributed by atoms with E-state index in [1.807, 2.05) is 0 Å². The van der Waals surface area contributed by atoms with Crippen molar-refractivity contribution in [2.45, 2.75) is 17.3 Å². The molecule has 0 fully saturated rings. The lowest BCUT2D eigenvalue weighted by atomic mass is 10.1. The van der Waals surface area contributed by atoms with Crippen LogP contribution in [-0.2, 0) is 10.0 Å². The van der Waals surface area contributed by atoms with Crippen LogP contribution in [-0.4, -0.2) is 29.6 Å². The molecule has 1 N–H and O–H groups in total. The SMILES string of the molecule is CC(Sc1nc(Cl)nc(NS(C)(=O)=O)n1)c1cccc(F)c1F. The first-order valence-electron chi connectivity index (χ1n) is 6.15. The third kappa shape index (κ3) is 4.98. The van der Waals surface area contributed by atoms with Gasteiger partial charge in [0, 0.05) is 10.8 Å². The number of halogens is 3. The zero-order valence-electron chi connectivity index (χ0n) is 11.9. The van der Waals surface area contributed by atoms with Crippen LogP contribution in [0.25, 0.3) is 0 Å². The molecule has 23 heavy (non-hydrogen) atoms. The Morgan fingerprint density at radius 3 is 2.61 bits per heavy atom. The van der Waals surface area contributed by atoms with E-state index in [0.29, 0.717) is 0 Å². The van der Waals surface area contributed by atoms with Crippen molar-refractivity contribution >= 4 is 39.3 Å². The maximum absolute atomic E-state index is 13.8. The summed E-state index contributed by atoms with van der Waals surface area (Å²) >= 11 is 6.71. The summed E-state index contributed by atoms with van der Waals surface area (Å²) in [6.45, 7) is 1.63. The maximum Gasteiger partial charge on any atom is 0.241 e. The summed E-state index contributed by atoms with van der Waals surface area (Å²) in [6, 6.07) is 3.85. The topological polar surface area (TPSA) is 84.8 Å². The van der Waals surface area contributed by atoms with Crippen molar-refractivity contribution in [2.75, 3.05) is 11.0 Å². The number of aromatic nitrogens is 3. The molecule has 0 spiro atoms. The van der Waals surface area contributed by atoms with Gasteiger partial charge in [-0.1, -0.05) is 23.9 Å². The van der Waals surface area contributed by atoms with Gasteiger partial charge in [-0.25, -0.2) is 17.2 Å². The van der Waals surface area contributed by atoms with Crippen molar-refractivity contribution in [3.05, 3.63) is 40.7 Å². The number of benzene rings is 1. The first kappa shape index (κ1) is 17.8. The summed E-state index contributed by atoms with van der Waals surface area (Å²) in [7, 11) is -3.58. The molecule has 0 radical (unpaired) electrons. The predicted molar refractivity (Wildman–Crippen MR) is 83.9 cm³/mol. The standard InChI is InChI=1S/C12H11ClF2N4O2S2/c1-6(7-4-3-5-8(14)9(7)15)22-12-17-10(13)16-11(18-12)19-23(2,20)21/h3-6H,1-2H3,(H,16,17,18,19). The summed E-state index contributed by atoms with van der Waals surface area (Å²) < 4.78 is 51.5. The van der Waals surface area contributed by atoms with Crippen LogP contribution in [0, 0.1) is 11.6 Å². The molecular formula is C12H11ClF2N4O2S2. The van der Waals surface area contributed by atoms with Crippen molar-refractivity contribution in [3.8, 4) is 0 Å². The largest absolute Gasteiger partial charge is 0.251 e. The third-order valence-electron chi connectivity index (χ3n) is 2.57. The Hall–Kier alpha value is -1.52. The second kappa shape index (κ2) is 6.93. The minimum absolute atomic E-state index is 0.0762. The van der Waals surface area contributed by atoms with E-state index in [0.717, 1.165) is 24.1 Å². The van der Waals surface area contributed by atoms with Gasteiger partial charge in [-0.3, -0.25) is 4.72 Å². The summed E-state index contributed by atoms with van der Waals surface area (Å²) in [5.74, 6) is -2.16. The normalized spacial score (nSPS) is 12.9. The van der Waals surface area contributed by atoms with Crippen LogP contribution in [0.3, 0.4) is 0 Å². The molecule has 11 heteroatoms. The summed E-state index contributed by atoms with van der Waals surface area (Å²) in [4.78, 5) is 11.4. The quantitative estimate of drug-likeness (QED) is 0.802. The Morgan fingerprint density at radius 2 is 1.96 bits per heavy atom. The van der Waals surface area contributed by atoms with Crippen LogP contribution in [0.15, 0.2) is 23.4 Å². The first-order chi connectivity index (χ1) is 10.7. The fourth-order valence-electron chi connectivity index (χ4n) is 1.65. The molecule has 0 aliphatic rings. The van der Waals surface area contributed by atoms with Crippen LogP contribution in [0.2, 0.25) is 5.28 Å². The van der Waals surface area contributed by atoms with E-state index in [4.69, 9.17) is 11.6 Å². The maximum atomic E-state index is 13.8. The Labute approximate surface area is 140 Å². The van der Waals surface area contributed by atoms with E-state index < -0.39 is 26.9 Å². The number of hydrogen-bond donors (Lipinski definition) is 1. The lowest BCUT2D eigenvalue weighted by Crippen LogP contribution is -2.13. The molecule has 0 aliphatic heterocycles. The fraction of sp³-hybridized carbons (Fsp3) is 0.250. The molecule has 2 rings (SSSR count). The lowest BCUT2D eigenvalue weighted by Gasteiger charge is -2.12. The first-order valence-corrected chi connectivity index (χ1v) is 9.30. The van der Waals surface area contributed by atoms with Crippen LogP contribution in [0.1, 0.15) is 17.7 Å². The van der Waals surface area contributed by atoms with Crippen LogP contribution < -0.4 is 4.72 Å². The molecule has 0 aliphatic carbocycles. The lowest BCUT2D eigenvalue weighted by molar-refractivity contribution is 0.499. The van der Waals surface area contributed by atoms with Gasteiger partial charge in [-0.05, 0) is 24.6 Å². The Bertz CT molecular complexity index is 836. The Kier molecular flexibility index (Phi) is 5.37. The van der Waals surface area contributed by atoms with E-state index in [9.17, 15) is 17.2 Å². The Morgan fingerprint density at radius 1 is 1.26 bits per heavy atom. The van der Waals surface area contributed by atoms with Crippen molar-refractivity contribution < 1.29 is 17.2 Å². The third-order valence-corrected chi connectivity index (χ3v) is 4.29. The number of rotatable bonds is 5. The van der Waals surface area contributed by atoms with Crippen molar-refractivity contribution in [2.24, 2.45) is 0 Å². The fourth-order valence-corrected chi connectivity index (χ4v) is 3.19. The molecule has 0 saturated heterocycles. The Balaban J connectivity index is 2.27. The highest BCUT2D eigenvalue weighted by atomic mass is 35.5. The summed E-state index contributed by atoms with van der Waals surface area (Å²) in [5, 5.41) is -0.678. The highest BCUT2D eigenvalue weighted by molar-refractivity contribution is 7.99. The average Bonchev–Trinajstić information content (AvgIpc) is 2.38. The molecule has 1 heterocycles. The highest BCUT2D eigenvalue weighted by Crippen LogP contribution is 2.35. The number of nitrogens with one attached hydrogen (secondary N) is 1. The minimum atomic E-state index is -3.58. The number of sulfonamides is 1. The van der Waals surface area contributed by atoms with Crippen LogP contribution in [0.4, 0.5) is 14.7 Å². The molecule has 1 aromatic heterocycles. The summed E-state index contributed by atoms with van der Waals surface area (Å²) in [5.41, 5.74) is 0.129. The molecule has 2 aromatic rings. The number of nitrogens with zero attached hydrogens (tertiary/aromatic N) is 3. The van der Waals surface area contributed by atoms with E-state index in [-0.39, 0.29) is 22.0 Å². The molecule has 1 atom stereocenters. The van der Waals surface area contributed by atoms with Crippen molar-refractivity contribution in [1.82, 2.24) is 15.0 Å². The summed E-state index contributed by atoms with van der Waals surface area (Å²) in [6.07, 6.45) is 0.933. The molecular weight excluding hydrogens is 370 g/mol. The number of hydrogen-bond acceptors (Lipinski definition) is 6. The van der Waals surface area contributed by atoms with Gasteiger partial charge in [0.2, 0.25) is 21.3 Å². The van der Waals surface area contributed by atoms with E-state index in [1.54, 1.807) is 6.92 Å². The molecule has 0 saturated carbocycles. The molecule has 6 nitrogen and oxygen atoms in total. The molecule has 0 bridgehead atoms. The van der Waals surface area contributed by atoms with Crippen LogP contribution in [0.5, 0.6) is 0 Å². The van der Waals surface area contributed by atoms with Gasteiger partial charge in [0.15, 0.2) is 16.8 Å². The zero-order chi connectivity index (χ0) is 17.2. The van der Waals surface area contributed by atoms with Gasteiger partial charge in [-0.2, -0.15) is 15.0 Å². The second-order valence-electron chi connectivity index (χ2n) is 4.49. The number of thioether (sulfide) groups is 1. The highest BCUT2D eigenvalue weighted by Gasteiger charge is 2.18. The number of anilines is 1. The van der Waals surface area contributed by atoms with Crippen molar-refractivity contribution in [3.63, 3.8) is 0 Å². The van der Waals surface area contributed by atoms with Gasteiger partial charge in [0.05, 0.1) is 6.26 Å².